The molecule has 7 nitrogen and oxygen atoms in total. The van der Waals surface area contributed by atoms with Crippen LogP contribution in [0, 0.1) is 0 Å². The monoisotopic (exact) mass is 296 g/mol. The first-order chi connectivity index (χ1) is 10.1. The van der Waals surface area contributed by atoms with Crippen molar-refractivity contribution in [2.45, 2.75) is 25.4 Å². The molecule has 2 rings (SSSR count). The Labute approximate surface area is 122 Å². The molecule has 0 saturated carbocycles. The van der Waals surface area contributed by atoms with Crippen molar-refractivity contribution in [2.75, 3.05) is 26.2 Å². The molecule has 0 radical (unpaired) electrons. The number of rotatable bonds is 6. The highest BCUT2D eigenvalue weighted by Gasteiger charge is 2.23. The normalized spacial score (nSPS) is 15.9. The van der Waals surface area contributed by atoms with Crippen LogP contribution in [-0.2, 0) is 16.0 Å². The Morgan fingerprint density at radius 1 is 1.43 bits per heavy atom. The van der Waals surface area contributed by atoms with Crippen molar-refractivity contribution >= 4 is 12.0 Å². The number of carboxylic acid groups (broad SMARTS) is 1. The van der Waals surface area contributed by atoms with Gasteiger partial charge in [0.15, 0.2) is 0 Å². The first-order valence-corrected chi connectivity index (χ1v) is 7.03. The molecule has 0 aromatic carbocycles. The van der Waals surface area contributed by atoms with Crippen molar-refractivity contribution in [1.29, 1.82) is 0 Å². The number of nitrogens with zero attached hydrogens (tertiary/aromatic N) is 1. The van der Waals surface area contributed by atoms with E-state index in [2.05, 4.69) is 5.32 Å². The zero-order valence-corrected chi connectivity index (χ0v) is 11.8. The van der Waals surface area contributed by atoms with Crippen LogP contribution in [0.3, 0.4) is 0 Å². The maximum absolute atomic E-state index is 11.9. The van der Waals surface area contributed by atoms with Crippen molar-refractivity contribution in [3.05, 3.63) is 24.2 Å². The van der Waals surface area contributed by atoms with E-state index in [0.717, 1.165) is 5.76 Å². The zero-order chi connectivity index (χ0) is 15.1. The number of carbonyl (C=O) groups excluding carboxylic acids is 1. The van der Waals surface area contributed by atoms with E-state index >= 15 is 0 Å². The predicted molar refractivity (Wildman–Crippen MR) is 74.0 cm³/mol. The Morgan fingerprint density at radius 2 is 2.19 bits per heavy atom. The van der Waals surface area contributed by atoms with E-state index in [9.17, 15) is 9.59 Å². The fraction of sp³-hybridized carbons (Fsp3) is 0.571. The lowest BCUT2D eigenvalue weighted by Gasteiger charge is -2.31. The number of hydrogen-bond acceptors (Lipinski definition) is 4. The van der Waals surface area contributed by atoms with Gasteiger partial charge in [0.2, 0.25) is 0 Å². The number of likely N-dealkylation sites (tertiary alicyclic amines) is 1. The van der Waals surface area contributed by atoms with Crippen molar-refractivity contribution < 1.29 is 23.8 Å². The number of amides is 2. The summed E-state index contributed by atoms with van der Waals surface area (Å²) in [6, 6.07) is 3.59. The number of hydrogen-bond donors (Lipinski definition) is 2. The van der Waals surface area contributed by atoms with Gasteiger partial charge in [0.1, 0.15) is 12.4 Å². The van der Waals surface area contributed by atoms with E-state index in [1.165, 1.54) is 0 Å². The molecule has 116 valence electrons. The first-order valence-electron chi connectivity index (χ1n) is 7.03. The van der Waals surface area contributed by atoms with Crippen LogP contribution in [-0.4, -0.2) is 54.4 Å². The van der Waals surface area contributed by atoms with Gasteiger partial charge in [-0.05, 0) is 25.0 Å². The molecule has 2 amide bonds. The molecule has 0 atom stereocenters. The number of piperidine rings is 1. The lowest BCUT2D eigenvalue weighted by molar-refractivity contribution is -0.145. The molecule has 1 aliphatic heterocycles. The number of urea groups is 1. The summed E-state index contributed by atoms with van der Waals surface area (Å²) < 4.78 is 10.4. The van der Waals surface area contributed by atoms with Crippen molar-refractivity contribution in [2.24, 2.45) is 0 Å². The molecule has 1 fully saturated rings. The van der Waals surface area contributed by atoms with Crippen LogP contribution in [0.2, 0.25) is 0 Å². The summed E-state index contributed by atoms with van der Waals surface area (Å²) in [6.45, 7) is 1.41. The van der Waals surface area contributed by atoms with Crippen molar-refractivity contribution in [1.82, 2.24) is 10.2 Å². The van der Waals surface area contributed by atoms with Crippen molar-refractivity contribution in [3.63, 3.8) is 0 Å². The minimum absolute atomic E-state index is 0.0757. The van der Waals surface area contributed by atoms with Gasteiger partial charge in [-0.3, -0.25) is 0 Å². The summed E-state index contributed by atoms with van der Waals surface area (Å²) in [6.07, 6.45) is 3.53. The minimum atomic E-state index is -0.965. The maximum atomic E-state index is 11.9. The lowest BCUT2D eigenvalue weighted by atomic mass is 10.1. The molecule has 2 heterocycles. The third-order valence-electron chi connectivity index (χ3n) is 3.40. The van der Waals surface area contributed by atoms with Gasteiger partial charge < -0.3 is 24.5 Å². The molecule has 1 aromatic rings. The van der Waals surface area contributed by atoms with Crippen LogP contribution in [0.15, 0.2) is 22.8 Å². The fourth-order valence-corrected chi connectivity index (χ4v) is 2.27. The molecule has 2 N–H and O–H groups in total. The topological polar surface area (TPSA) is 92.0 Å². The highest BCUT2D eigenvalue weighted by Crippen LogP contribution is 2.13. The van der Waals surface area contributed by atoms with E-state index in [1.807, 2.05) is 12.1 Å². The van der Waals surface area contributed by atoms with Gasteiger partial charge in [-0.25, -0.2) is 9.59 Å². The highest BCUT2D eigenvalue weighted by atomic mass is 16.5. The Balaban J connectivity index is 1.62. The SMILES string of the molecule is O=C(O)COC1CCN(C(=O)NCCc2ccco2)CC1. The molecule has 1 saturated heterocycles. The van der Waals surface area contributed by atoms with Gasteiger partial charge in [-0.2, -0.15) is 0 Å². The summed E-state index contributed by atoms with van der Waals surface area (Å²) in [7, 11) is 0. The van der Waals surface area contributed by atoms with Gasteiger partial charge in [0.25, 0.3) is 0 Å². The van der Waals surface area contributed by atoms with Crippen molar-refractivity contribution in [3.8, 4) is 0 Å². The van der Waals surface area contributed by atoms with Crippen LogP contribution in [0.5, 0.6) is 0 Å². The second kappa shape index (κ2) is 7.68. The standard InChI is InChI=1S/C14H20N2O5/c17-13(18)10-21-12-4-7-16(8-5-12)14(19)15-6-3-11-2-1-9-20-11/h1-2,9,12H,3-8,10H2,(H,15,19)(H,17,18). The summed E-state index contributed by atoms with van der Waals surface area (Å²) in [5, 5.41) is 11.4. The minimum Gasteiger partial charge on any atom is -0.480 e. The molecular formula is C14H20N2O5. The Hall–Kier alpha value is -2.02. The molecule has 1 aromatic heterocycles. The number of aliphatic carboxylic acids is 1. The second-order valence-corrected chi connectivity index (χ2v) is 4.95. The molecule has 0 unspecified atom stereocenters. The summed E-state index contributed by atoms with van der Waals surface area (Å²) >= 11 is 0. The average Bonchev–Trinajstić information content (AvgIpc) is 2.99. The third-order valence-corrected chi connectivity index (χ3v) is 3.40. The first kappa shape index (κ1) is 15.4. The van der Waals surface area contributed by atoms with Gasteiger partial charge >= 0.3 is 12.0 Å². The van der Waals surface area contributed by atoms with E-state index in [0.29, 0.717) is 38.9 Å². The Bertz CT molecular complexity index is 452. The number of furan rings is 1. The van der Waals surface area contributed by atoms with E-state index in [-0.39, 0.29) is 18.7 Å². The Morgan fingerprint density at radius 3 is 2.81 bits per heavy atom. The molecule has 1 aliphatic rings. The highest BCUT2D eigenvalue weighted by molar-refractivity contribution is 5.74. The van der Waals surface area contributed by atoms with Crippen LogP contribution < -0.4 is 5.32 Å². The number of nitrogens with one attached hydrogen (secondary N) is 1. The number of carbonyl (C=O) groups is 2. The molecule has 7 heteroatoms. The molecule has 0 aliphatic carbocycles. The molecule has 21 heavy (non-hydrogen) atoms. The van der Waals surface area contributed by atoms with Gasteiger partial charge in [-0.1, -0.05) is 0 Å². The smallest absolute Gasteiger partial charge is 0.329 e. The fourth-order valence-electron chi connectivity index (χ4n) is 2.27. The third kappa shape index (κ3) is 5.11. The van der Waals surface area contributed by atoms with Gasteiger partial charge in [0, 0.05) is 26.1 Å². The van der Waals surface area contributed by atoms with Crippen LogP contribution >= 0.6 is 0 Å². The van der Waals surface area contributed by atoms with Crippen LogP contribution in [0.25, 0.3) is 0 Å². The van der Waals surface area contributed by atoms with Crippen LogP contribution in [0.1, 0.15) is 18.6 Å². The largest absolute Gasteiger partial charge is 0.480 e. The lowest BCUT2D eigenvalue weighted by Crippen LogP contribution is -2.46. The number of ether oxygens (including phenoxy) is 1. The quantitative estimate of drug-likeness (QED) is 0.820. The average molecular weight is 296 g/mol. The van der Waals surface area contributed by atoms with Crippen LogP contribution in [0.4, 0.5) is 4.79 Å². The number of carboxylic acids is 1. The second-order valence-electron chi connectivity index (χ2n) is 4.95. The maximum Gasteiger partial charge on any atom is 0.329 e. The zero-order valence-electron chi connectivity index (χ0n) is 11.8. The summed E-state index contributed by atoms with van der Waals surface area (Å²) in [5.41, 5.74) is 0. The van der Waals surface area contributed by atoms with Gasteiger partial charge in [-0.15, -0.1) is 0 Å². The Kier molecular flexibility index (Phi) is 5.62. The van der Waals surface area contributed by atoms with E-state index < -0.39 is 5.97 Å². The van der Waals surface area contributed by atoms with Gasteiger partial charge in [0.05, 0.1) is 12.4 Å². The van der Waals surface area contributed by atoms with E-state index in [1.54, 1.807) is 11.2 Å². The summed E-state index contributed by atoms with van der Waals surface area (Å²) in [4.78, 5) is 24.1. The molecular weight excluding hydrogens is 276 g/mol. The summed E-state index contributed by atoms with van der Waals surface area (Å²) in [5.74, 6) is -0.121. The molecule has 0 bridgehead atoms. The molecule has 0 spiro atoms. The van der Waals surface area contributed by atoms with E-state index in [4.69, 9.17) is 14.3 Å². The predicted octanol–water partition coefficient (Wildman–Crippen LogP) is 1.10.